The number of allylic oxidation sites excluding steroid dienone is 2. The molecule has 8 bridgehead atoms. The minimum atomic E-state index is -0.243. The monoisotopic (exact) mass is 778 g/mol. The first-order valence-corrected chi connectivity index (χ1v) is 19.1. The van der Waals surface area contributed by atoms with Gasteiger partial charge < -0.3 is 4.74 Å². The predicted octanol–water partition coefficient (Wildman–Crippen LogP) is 3.82. The smallest absolute Gasteiger partial charge is 0.235 e. The van der Waals surface area contributed by atoms with Crippen LogP contribution < -0.4 is 0 Å². The van der Waals surface area contributed by atoms with Gasteiger partial charge >= 0.3 is 0 Å². The Labute approximate surface area is 331 Å². The highest BCUT2D eigenvalue weighted by Gasteiger charge is 2.62. The maximum Gasteiger partial charge on any atom is 0.235 e. The van der Waals surface area contributed by atoms with Crippen molar-refractivity contribution in [2.45, 2.75) is 86.9 Å². The molecule has 0 aromatic rings. The van der Waals surface area contributed by atoms with Gasteiger partial charge in [0.25, 0.3) is 0 Å². The van der Waals surface area contributed by atoms with E-state index in [1.165, 1.54) is 45.3 Å². The van der Waals surface area contributed by atoms with Crippen LogP contribution >= 0.6 is 0 Å². The standard InChI is InChI=1S/2C10H13NO2.C10H11NO2.C9H9NO3.4CH4/c3*1-11-9(12)7-5-2-3-6(4-5)8(7)10(11)13;1-10-8(11)6-4-2-3-5(13-4)7(6)9(10)12;;;;/h2*5-8H,2-4H2,1H3;2-3,5-8H,4H2,1H3;2-7H,1H3;4*1H4. The first-order chi connectivity index (χ1) is 24.8. The van der Waals surface area contributed by atoms with E-state index < -0.39 is 0 Å². The number of carbonyl (C=O) groups is 8. The van der Waals surface area contributed by atoms with Crippen LogP contribution in [0.25, 0.3) is 0 Å². The van der Waals surface area contributed by atoms with Crippen LogP contribution in [0.3, 0.4) is 0 Å². The zero-order valence-corrected chi connectivity index (χ0v) is 30.0. The third-order valence-electron chi connectivity index (χ3n) is 15.1. The van der Waals surface area contributed by atoms with Crippen LogP contribution in [0.5, 0.6) is 0 Å². The molecule has 6 heterocycles. The summed E-state index contributed by atoms with van der Waals surface area (Å²) in [5.41, 5.74) is 0. The summed E-state index contributed by atoms with van der Waals surface area (Å²) >= 11 is 0. The van der Waals surface area contributed by atoms with Gasteiger partial charge in [0.05, 0.1) is 59.6 Å². The highest BCUT2D eigenvalue weighted by Crippen LogP contribution is 2.57. The maximum absolute atomic E-state index is 11.7. The van der Waals surface area contributed by atoms with Crippen molar-refractivity contribution < 1.29 is 43.1 Å². The van der Waals surface area contributed by atoms with E-state index in [4.69, 9.17) is 4.74 Å². The lowest BCUT2D eigenvalue weighted by molar-refractivity contribution is -0.141. The zero-order valence-electron chi connectivity index (χ0n) is 30.0. The molecular weight excluding hydrogens is 716 g/mol. The van der Waals surface area contributed by atoms with Crippen LogP contribution in [0.15, 0.2) is 24.3 Å². The highest BCUT2D eigenvalue weighted by molar-refractivity contribution is 6.08. The summed E-state index contributed by atoms with van der Waals surface area (Å²) in [6, 6.07) is 0. The summed E-state index contributed by atoms with van der Waals surface area (Å²) in [5, 5.41) is 0. The normalized spacial score (nSPS) is 43.6. The largest absolute Gasteiger partial charge is 0.365 e. The Morgan fingerprint density at radius 2 is 0.625 bits per heavy atom. The molecule has 0 spiro atoms. The van der Waals surface area contributed by atoms with Crippen LogP contribution in [-0.2, 0) is 43.1 Å². The van der Waals surface area contributed by atoms with Gasteiger partial charge in [-0.05, 0) is 80.5 Å². The summed E-state index contributed by atoms with van der Waals surface area (Å²) in [6.45, 7) is 0. The van der Waals surface area contributed by atoms with Gasteiger partial charge in [-0.15, -0.1) is 0 Å². The second kappa shape index (κ2) is 15.1. The number of hydrogen-bond donors (Lipinski definition) is 0. The molecule has 13 heteroatoms. The minimum absolute atomic E-state index is 0. The van der Waals surface area contributed by atoms with E-state index in [2.05, 4.69) is 12.2 Å². The lowest BCUT2D eigenvalue weighted by Gasteiger charge is -2.19. The molecule has 0 N–H and O–H groups in total. The number of carbonyl (C=O) groups excluding carboxylic acids is 8. The van der Waals surface area contributed by atoms with Crippen molar-refractivity contribution in [2.75, 3.05) is 28.2 Å². The first-order valence-electron chi connectivity index (χ1n) is 19.1. The predicted molar refractivity (Wildman–Crippen MR) is 206 cm³/mol. The molecule has 6 aliphatic carbocycles. The van der Waals surface area contributed by atoms with Gasteiger partial charge in [-0.1, -0.05) is 54.0 Å². The number of amides is 8. The van der Waals surface area contributed by atoms with Crippen LogP contribution in [0.4, 0.5) is 0 Å². The maximum atomic E-state index is 11.7. The lowest BCUT2D eigenvalue weighted by Crippen LogP contribution is -2.30. The number of likely N-dealkylation sites (tertiary alicyclic amines) is 4. The third-order valence-corrected chi connectivity index (χ3v) is 15.1. The van der Waals surface area contributed by atoms with Gasteiger partial charge in [-0.25, -0.2) is 0 Å². The topological polar surface area (TPSA) is 159 Å². The average molecular weight is 779 g/mol. The Balaban J connectivity index is 0.000000140. The molecule has 0 aromatic carbocycles. The Hall–Kier alpha value is -4.00. The second-order valence-electron chi connectivity index (χ2n) is 17.2. The van der Waals surface area contributed by atoms with Crippen molar-refractivity contribution in [2.24, 2.45) is 82.9 Å². The average Bonchev–Trinajstić information content (AvgIpc) is 4.00. The van der Waals surface area contributed by atoms with Gasteiger partial charge in [0.1, 0.15) is 0 Å². The molecule has 16 unspecified atom stereocenters. The molecule has 10 fully saturated rings. The molecule has 0 aromatic heterocycles. The molecule has 56 heavy (non-hydrogen) atoms. The zero-order chi connectivity index (χ0) is 36.7. The third kappa shape index (κ3) is 5.79. The molecule has 8 amide bonds. The van der Waals surface area contributed by atoms with Gasteiger partial charge in [0.2, 0.25) is 47.3 Å². The van der Waals surface area contributed by atoms with E-state index in [-0.39, 0.29) is 137 Å². The van der Waals surface area contributed by atoms with E-state index in [9.17, 15) is 38.4 Å². The van der Waals surface area contributed by atoms with Crippen LogP contribution in [0, 0.1) is 82.9 Å². The van der Waals surface area contributed by atoms with Crippen molar-refractivity contribution >= 4 is 47.3 Å². The number of hydrogen-bond acceptors (Lipinski definition) is 9. The van der Waals surface area contributed by atoms with E-state index in [0.717, 1.165) is 19.3 Å². The summed E-state index contributed by atoms with van der Waals surface area (Å²) in [5.74, 6) is 2.75. The number of rotatable bonds is 0. The van der Waals surface area contributed by atoms with E-state index in [1.807, 2.05) is 12.2 Å². The van der Waals surface area contributed by atoms with E-state index in [0.29, 0.717) is 35.5 Å². The van der Waals surface area contributed by atoms with Crippen LogP contribution in [-0.4, -0.2) is 107 Å². The molecule has 16 atom stereocenters. The van der Waals surface area contributed by atoms with Gasteiger partial charge in [-0.2, -0.15) is 0 Å². The summed E-state index contributed by atoms with van der Waals surface area (Å²) in [4.78, 5) is 98.5. The summed E-state index contributed by atoms with van der Waals surface area (Å²) in [7, 11) is 6.40. The van der Waals surface area contributed by atoms with Crippen molar-refractivity contribution in [3.05, 3.63) is 24.3 Å². The Morgan fingerprint density at radius 3 is 0.911 bits per heavy atom. The van der Waals surface area contributed by atoms with Gasteiger partial charge in [-0.3, -0.25) is 58.0 Å². The molecule has 5 saturated heterocycles. The van der Waals surface area contributed by atoms with Crippen molar-refractivity contribution in [3.63, 3.8) is 0 Å². The number of nitrogens with zero attached hydrogens (tertiary/aromatic N) is 4. The fourth-order valence-corrected chi connectivity index (χ4v) is 12.6. The fraction of sp³-hybridized carbons (Fsp3) is 0.721. The first kappa shape index (κ1) is 43.1. The molecule has 0 radical (unpaired) electrons. The van der Waals surface area contributed by atoms with Crippen molar-refractivity contribution in [3.8, 4) is 0 Å². The Kier molecular flexibility index (Phi) is 11.6. The van der Waals surface area contributed by atoms with E-state index in [1.54, 1.807) is 28.2 Å². The fourth-order valence-electron chi connectivity index (χ4n) is 12.6. The molecule has 308 valence electrons. The molecule has 13 nitrogen and oxygen atoms in total. The molecule has 6 aliphatic heterocycles. The lowest BCUT2D eigenvalue weighted by atomic mass is 9.81. The highest BCUT2D eigenvalue weighted by atomic mass is 16.5. The van der Waals surface area contributed by atoms with Crippen LogP contribution in [0.2, 0.25) is 0 Å². The van der Waals surface area contributed by atoms with E-state index >= 15 is 0 Å². The molecular formula is C43H62N4O9. The second-order valence-corrected chi connectivity index (χ2v) is 17.2. The van der Waals surface area contributed by atoms with Crippen LogP contribution in [0.1, 0.15) is 74.7 Å². The summed E-state index contributed by atoms with van der Waals surface area (Å²) < 4.78 is 5.45. The number of fused-ring (bicyclic) bond motifs is 20. The summed E-state index contributed by atoms with van der Waals surface area (Å²) in [6.07, 6.45) is 15.6. The van der Waals surface area contributed by atoms with Gasteiger partial charge in [0, 0.05) is 28.2 Å². The minimum Gasteiger partial charge on any atom is -0.365 e. The van der Waals surface area contributed by atoms with Crippen molar-refractivity contribution in [1.29, 1.82) is 0 Å². The SMILES string of the molecule is C.C.C.C.CN1C(=O)C2C3C=CC(C3)C2C1=O.CN1C(=O)C2C3C=CC(O3)C2C1=O.CN1C(=O)C2C3CCC(C3)C2C1=O.CN1C(=O)C2C3CCC(C3)C2C1=O. The molecule has 5 saturated carbocycles. The molecule has 12 rings (SSSR count). The van der Waals surface area contributed by atoms with Gasteiger partial charge in [0.15, 0.2) is 0 Å². The quantitative estimate of drug-likeness (QED) is 0.263. The Morgan fingerprint density at radius 1 is 0.375 bits per heavy atom. The van der Waals surface area contributed by atoms with Crippen molar-refractivity contribution in [1.82, 2.24) is 19.6 Å². The molecule has 12 aliphatic rings. The Bertz CT molecular complexity index is 1530. The number of imide groups is 4. The number of ether oxygens (including phenoxy) is 1.